The van der Waals surface area contributed by atoms with E-state index in [1.165, 1.54) is 4.31 Å². The van der Waals surface area contributed by atoms with E-state index in [-0.39, 0.29) is 23.9 Å². The first-order valence-electron chi connectivity index (χ1n) is 9.20. The molecule has 150 valence electrons. The monoisotopic (exact) mass is 428 g/mol. The van der Waals surface area contributed by atoms with Gasteiger partial charge in [-0.15, -0.1) is 0 Å². The van der Waals surface area contributed by atoms with Crippen LogP contribution in [-0.2, 0) is 14.8 Å². The molecule has 7 nitrogen and oxygen atoms in total. The van der Waals surface area contributed by atoms with Gasteiger partial charge in [0.25, 0.3) is 0 Å². The van der Waals surface area contributed by atoms with Gasteiger partial charge in [-0.05, 0) is 30.7 Å². The number of benzene rings is 2. The summed E-state index contributed by atoms with van der Waals surface area (Å²) in [7, 11) is -3.69. The summed E-state index contributed by atoms with van der Waals surface area (Å²) in [5.41, 5.74) is 3.07. The summed E-state index contributed by atoms with van der Waals surface area (Å²) >= 11 is 0.995. The standard InChI is InChI=1S/C20H20N4O3S2/c1-15-4-2-5-16(14-15)8-9-19(25)23-10-12-24(13-11-23)29(26,27)18-7-3-6-17-20(18)22-28-21-17/h2-9,14H,10-13H2,1H3/b9-8+. The van der Waals surface area contributed by atoms with Crippen LogP contribution in [0.25, 0.3) is 17.1 Å². The molecule has 0 unspecified atom stereocenters. The highest BCUT2D eigenvalue weighted by atomic mass is 32.2. The van der Waals surface area contributed by atoms with Gasteiger partial charge in [0.15, 0.2) is 0 Å². The summed E-state index contributed by atoms with van der Waals surface area (Å²) in [6.45, 7) is 3.20. The lowest BCUT2D eigenvalue weighted by atomic mass is 10.1. The number of hydrogen-bond donors (Lipinski definition) is 0. The number of fused-ring (bicyclic) bond motifs is 1. The zero-order chi connectivity index (χ0) is 20.4. The maximum atomic E-state index is 13.1. The largest absolute Gasteiger partial charge is 0.337 e. The van der Waals surface area contributed by atoms with E-state index in [1.54, 1.807) is 35.3 Å². The van der Waals surface area contributed by atoms with Crippen molar-refractivity contribution < 1.29 is 13.2 Å². The van der Waals surface area contributed by atoms with Crippen molar-refractivity contribution >= 4 is 44.8 Å². The van der Waals surface area contributed by atoms with Crippen LogP contribution in [-0.4, -0.2) is 58.5 Å². The Bertz CT molecular complexity index is 1180. The van der Waals surface area contributed by atoms with Gasteiger partial charge in [0.1, 0.15) is 15.9 Å². The molecule has 4 rings (SSSR count). The fourth-order valence-electron chi connectivity index (χ4n) is 3.32. The van der Waals surface area contributed by atoms with Crippen LogP contribution >= 0.6 is 11.7 Å². The molecule has 0 radical (unpaired) electrons. The van der Waals surface area contributed by atoms with E-state index in [0.29, 0.717) is 24.1 Å². The maximum Gasteiger partial charge on any atom is 0.246 e. The number of aromatic nitrogens is 2. The summed E-state index contributed by atoms with van der Waals surface area (Å²) in [6, 6.07) is 12.9. The molecule has 1 aliphatic rings. The molecule has 1 amide bonds. The molecule has 0 bridgehead atoms. The third-order valence-electron chi connectivity index (χ3n) is 4.88. The molecule has 2 heterocycles. The van der Waals surface area contributed by atoms with Crippen LogP contribution in [0.1, 0.15) is 11.1 Å². The molecule has 0 saturated carbocycles. The van der Waals surface area contributed by atoms with E-state index < -0.39 is 10.0 Å². The predicted octanol–water partition coefficient (Wildman–Crippen LogP) is 2.55. The van der Waals surface area contributed by atoms with Gasteiger partial charge in [-0.2, -0.15) is 13.1 Å². The van der Waals surface area contributed by atoms with Gasteiger partial charge in [-0.3, -0.25) is 4.79 Å². The summed E-state index contributed by atoms with van der Waals surface area (Å²) < 4.78 is 35.8. The van der Waals surface area contributed by atoms with Gasteiger partial charge in [0, 0.05) is 32.3 Å². The third-order valence-corrected chi connectivity index (χ3v) is 7.35. The Labute approximate surface area is 173 Å². The average molecular weight is 429 g/mol. The number of amides is 1. The second-order valence-corrected chi connectivity index (χ2v) is 9.30. The second kappa shape index (κ2) is 8.02. The lowest BCUT2D eigenvalue weighted by molar-refractivity contribution is -0.127. The highest BCUT2D eigenvalue weighted by Gasteiger charge is 2.31. The SMILES string of the molecule is Cc1cccc(/C=C/C(=O)N2CCN(S(=O)(=O)c3cccc4nsnc34)CC2)c1. The van der Waals surface area contributed by atoms with Crippen molar-refractivity contribution in [2.24, 2.45) is 0 Å². The minimum absolute atomic E-state index is 0.116. The Morgan fingerprint density at radius 3 is 2.59 bits per heavy atom. The number of piperazine rings is 1. The van der Waals surface area contributed by atoms with Crippen LogP contribution in [0.15, 0.2) is 53.4 Å². The van der Waals surface area contributed by atoms with Crippen LogP contribution in [0.4, 0.5) is 0 Å². The van der Waals surface area contributed by atoms with Crippen molar-refractivity contribution in [3.8, 4) is 0 Å². The first kappa shape index (κ1) is 19.7. The van der Waals surface area contributed by atoms with E-state index in [9.17, 15) is 13.2 Å². The number of rotatable bonds is 4. The lowest BCUT2D eigenvalue weighted by Gasteiger charge is -2.33. The topological polar surface area (TPSA) is 83.5 Å². The zero-order valence-electron chi connectivity index (χ0n) is 15.9. The van der Waals surface area contributed by atoms with Crippen molar-refractivity contribution in [2.45, 2.75) is 11.8 Å². The Hall–Kier alpha value is -2.62. The fraction of sp³-hybridized carbons (Fsp3) is 0.250. The van der Waals surface area contributed by atoms with Crippen LogP contribution in [0.5, 0.6) is 0 Å². The lowest BCUT2D eigenvalue weighted by Crippen LogP contribution is -2.50. The van der Waals surface area contributed by atoms with E-state index in [2.05, 4.69) is 8.75 Å². The Morgan fingerprint density at radius 2 is 1.83 bits per heavy atom. The number of hydrogen-bond acceptors (Lipinski definition) is 6. The molecule has 9 heteroatoms. The molecule has 0 atom stereocenters. The molecule has 3 aromatic rings. The molecule has 1 saturated heterocycles. The highest BCUT2D eigenvalue weighted by Crippen LogP contribution is 2.25. The van der Waals surface area contributed by atoms with Crippen molar-refractivity contribution in [1.82, 2.24) is 18.0 Å². The van der Waals surface area contributed by atoms with Gasteiger partial charge < -0.3 is 4.90 Å². The molecule has 29 heavy (non-hydrogen) atoms. The second-order valence-electron chi connectivity index (χ2n) is 6.86. The average Bonchev–Trinajstić information content (AvgIpc) is 3.21. The van der Waals surface area contributed by atoms with Gasteiger partial charge in [-0.25, -0.2) is 8.42 Å². The smallest absolute Gasteiger partial charge is 0.246 e. The number of nitrogens with zero attached hydrogens (tertiary/aromatic N) is 4. The summed E-state index contributed by atoms with van der Waals surface area (Å²) in [4.78, 5) is 14.3. The van der Waals surface area contributed by atoms with E-state index >= 15 is 0 Å². The minimum atomic E-state index is -3.69. The quantitative estimate of drug-likeness (QED) is 0.597. The zero-order valence-corrected chi connectivity index (χ0v) is 17.5. The summed E-state index contributed by atoms with van der Waals surface area (Å²) in [5, 5.41) is 0. The van der Waals surface area contributed by atoms with Crippen LogP contribution < -0.4 is 0 Å². The van der Waals surface area contributed by atoms with Gasteiger partial charge in [0.05, 0.1) is 11.7 Å². The van der Waals surface area contributed by atoms with Gasteiger partial charge >= 0.3 is 0 Å². The molecule has 0 aliphatic carbocycles. The van der Waals surface area contributed by atoms with Gasteiger partial charge in [-0.1, -0.05) is 35.9 Å². The first-order valence-corrected chi connectivity index (χ1v) is 11.4. The Morgan fingerprint density at radius 1 is 1.07 bits per heavy atom. The van der Waals surface area contributed by atoms with Crippen LogP contribution in [0, 0.1) is 6.92 Å². The molecule has 2 aromatic carbocycles. The predicted molar refractivity (Wildman–Crippen MR) is 113 cm³/mol. The van der Waals surface area contributed by atoms with Crippen molar-refractivity contribution in [3.63, 3.8) is 0 Å². The van der Waals surface area contributed by atoms with E-state index in [0.717, 1.165) is 22.9 Å². The summed E-state index contributed by atoms with van der Waals surface area (Å²) in [6.07, 6.45) is 3.33. The summed E-state index contributed by atoms with van der Waals surface area (Å²) in [5.74, 6) is -0.116. The van der Waals surface area contributed by atoms with E-state index in [4.69, 9.17) is 0 Å². The van der Waals surface area contributed by atoms with E-state index in [1.807, 2.05) is 31.2 Å². The molecule has 1 aromatic heterocycles. The Balaban J connectivity index is 1.43. The van der Waals surface area contributed by atoms with Crippen LogP contribution in [0.3, 0.4) is 0 Å². The molecule has 0 N–H and O–H groups in total. The third kappa shape index (κ3) is 4.07. The Kier molecular flexibility index (Phi) is 5.44. The van der Waals surface area contributed by atoms with Crippen molar-refractivity contribution in [1.29, 1.82) is 0 Å². The van der Waals surface area contributed by atoms with Crippen molar-refractivity contribution in [3.05, 3.63) is 59.7 Å². The molecular weight excluding hydrogens is 408 g/mol. The van der Waals surface area contributed by atoms with Crippen molar-refractivity contribution in [2.75, 3.05) is 26.2 Å². The van der Waals surface area contributed by atoms with Crippen LogP contribution in [0.2, 0.25) is 0 Å². The molecule has 1 fully saturated rings. The number of carbonyl (C=O) groups excluding carboxylic acids is 1. The molecule has 1 aliphatic heterocycles. The fourth-order valence-corrected chi connectivity index (χ4v) is 5.50. The highest BCUT2D eigenvalue weighted by molar-refractivity contribution is 7.89. The number of aryl methyl sites for hydroxylation is 1. The normalized spacial score (nSPS) is 16.0. The van der Waals surface area contributed by atoms with Gasteiger partial charge in [0.2, 0.25) is 15.9 Å². The number of sulfonamides is 1. The maximum absolute atomic E-state index is 13.1. The minimum Gasteiger partial charge on any atom is -0.337 e. The molecular formula is C20H20N4O3S2. The first-order chi connectivity index (χ1) is 13.9. The molecule has 0 spiro atoms. The number of carbonyl (C=O) groups is 1.